The van der Waals surface area contributed by atoms with Crippen LogP contribution in [0.4, 0.5) is 0 Å². The largest absolute Gasteiger partial charge is 0.454 e. The van der Waals surface area contributed by atoms with Crippen molar-refractivity contribution in [2.75, 3.05) is 6.79 Å². The summed E-state index contributed by atoms with van der Waals surface area (Å²) in [6, 6.07) is 13.8. The van der Waals surface area contributed by atoms with Gasteiger partial charge in [-0.25, -0.2) is 0 Å². The van der Waals surface area contributed by atoms with Gasteiger partial charge in [0.25, 0.3) is 0 Å². The molecule has 1 aliphatic heterocycles. The molecular weight excluding hydrogens is 286 g/mol. The fourth-order valence-corrected chi connectivity index (χ4v) is 2.06. The molecule has 5 nitrogen and oxygen atoms in total. The molecule has 1 aliphatic rings. The molecule has 0 fully saturated rings. The predicted octanol–water partition coefficient (Wildman–Crippen LogP) is 2.25. The first-order chi connectivity index (χ1) is 10.2. The molecule has 2 aromatic carbocycles. The van der Waals surface area contributed by atoms with E-state index in [1.165, 1.54) is 0 Å². The molecule has 0 saturated carbocycles. The number of thiocarbonyl (C=S) groups is 1. The minimum absolute atomic E-state index is 0.142. The number of nitrogens with two attached hydrogens (primary N) is 1. The lowest BCUT2D eigenvalue weighted by atomic mass is 10.0. The fourth-order valence-electron chi connectivity index (χ4n) is 2.01. The minimum atomic E-state index is 0.142. The standard InChI is InChI=1S/C15H13N3O2S/c16-15(21)18-17-8-10-1-3-11(4-2-10)12-5-6-13-14(7-12)20-9-19-13/h1-8H,9H2,(H3,16,18,21). The Balaban J connectivity index is 1.78. The molecule has 0 bridgehead atoms. The molecule has 0 saturated heterocycles. The Hall–Kier alpha value is -2.60. The van der Waals surface area contributed by atoms with Crippen molar-refractivity contribution in [2.24, 2.45) is 10.8 Å². The van der Waals surface area contributed by atoms with Gasteiger partial charge in [-0.2, -0.15) is 5.10 Å². The van der Waals surface area contributed by atoms with E-state index in [1.807, 2.05) is 42.5 Å². The summed E-state index contributed by atoms with van der Waals surface area (Å²) < 4.78 is 10.7. The van der Waals surface area contributed by atoms with Crippen molar-refractivity contribution in [3.63, 3.8) is 0 Å². The Morgan fingerprint density at radius 3 is 2.57 bits per heavy atom. The van der Waals surface area contributed by atoms with E-state index in [0.29, 0.717) is 0 Å². The van der Waals surface area contributed by atoms with Gasteiger partial charge in [0.2, 0.25) is 6.79 Å². The van der Waals surface area contributed by atoms with Crippen molar-refractivity contribution < 1.29 is 9.47 Å². The van der Waals surface area contributed by atoms with E-state index < -0.39 is 0 Å². The Bertz CT molecular complexity index is 699. The van der Waals surface area contributed by atoms with Gasteiger partial charge in [0.1, 0.15) is 0 Å². The quantitative estimate of drug-likeness (QED) is 0.517. The summed E-state index contributed by atoms with van der Waals surface area (Å²) in [5.74, 6) is 1.56. The second kappa shape index (κ2) is 5.80. The van der Waals surface area contributed by atoms with E-state index in [1.54, 1.807) is 6.21 Å². The summed E-state index contributed by atoms with van der Waals surface area (Å²) in [5, 5.41) is 4.05. The van der Waals surface area contributed by atoms with Gasteiger partial charge in [0.05, 0.1) is 6.21 Å². The van der Waals surface area contributed by atoms with Crippen molar-refractivity contribution in [3.8, 4) is 22.6 Å². The molecule has 0 aromatic heterocycles. The molecule has 0 amide bonds. The molecule has 0 unspecified atom stereocenters. The first-order valence-corrected chi connectivity index (χ1v) is 6.72. The van der Waals surface area contributed by atoms with Gasteiger partial charge in [0.15, 0.2) is 16.6 Å². The lowest BCUT2D eigenvalue weighted by molar-refractivity contribution is 0.174. The number of hydrogen-bond acceptors (Lipinski definition) is 4. The van der Waals surface area contributed by atoms with Crippen LogP contribution < -0.4 is 20.6 Å². The molecule has 0 spiro atoms. The zero-order valence-electron chi connectivity index (χ0n) is 11.1. The first kappa shape index (κ1) is 13.4. The third kappa shape index (κ3) is 3.11. The van der Waals surface area contributed by atoms with Crippen LogP contribution in [0, 0.1) is 0 Å². The second-order valence-electron chi connectivity index (χ2n) is 4.42. The van der Waals surface area contributed by atoms with Crippen LogP contribution >= 0.6 is 12.2 Å². The molecule has 0 radical (unpaired) electrons. The molecule has 2 aromatic rings. The average Bonchev–Trinajstić information content (AvgIpc) is 2.95. The smallest absolute Gasteiger partial charge is 0.231 e. The van der Waals surface area contributed by atoms with Crippen LogP contribution in [0.2, 0.25) is 0 Å². The summed E-state index contributed by atoms with van der Waals surface area (Å²) in [5.41, 5.74) is 10.9. The first-order valence-electron chi connectivity index (χ1n) is 6.31. The third-order valence-corrected chi connectivity index (χ3v) is 3.10. The topological polar surface area (TPSA) is 68.9 Å². The molecule has 3 rings (SSSR count). The number of benzene rings is 2. The average molecular weight is 299 g/mol. The maximum absolute atomic E-state index is 5.38. The lowest BCUT2D eigenvalue weighted by Crippen LogP contribution is -2.23. The Kier molecular flexibility index (Phi) is 3.70. The lowest BCUT2D eigenvalue weighted by Gasteiger charge is -2.04. The van der Waals surface area contributed by atoms with Crippen LogP contribution in [0.1, 0.15) is 5.56 Å². The molecular formula is C15H13N3O2S. The molecule has 106 valence electrons. The van der Waals surface area contributed by atoms with Gasteiger partial charge < -0.3 is 15.2 Å². The van der Waals surface area contributed by atoms with Crippen molar-refractivity contribution in [1.29, 1.82) is 0 Å². The van der Waals surface area contributed by atoms with Crippen LogP contribution in [-0.2, 0) is 0 Å². The highest BCUT2D eigenvalue weighted by Crippen LogP contribution is 2.35. The maximum atomic E-state index is 5.38. The third-order valence-electron chi connectivity index (χ3n) is 3.00. The SMILES string of the molecule is NC(=S)NN=Cc1ccc(-c2ccc3c(c2)OCO3)cc1. The van der Waals surface area contributed by atoms with E-state index in [-0.39, 0.29) is 11.9 Å². The van der Waals surface area contributed by atoms with Crippen LogP contribution in [0.5, 0.6) is 11.5 Å². The fraction of sp³-hybridized carbons (Fsp3) is 0.0667. The monoisotopic (exact) mass is 299 g/mol. The summed E-state index contributed by atoms with van der Waals surface area (Å²) in [6.07, 6.45) is 1.66. The number of nitrogens with zero attached hydrogens (tertiary/aromatic N) is 1. The molecule has 6 heteroatoms. The van der Waals surface area contributed by atoms with Crippen LogP contribution in [0.3, 0.4) is 0 Å². The summed E-state index contributed by atoms with van der Waals surface area (Å²) in [4.78, 5) is 0. The van der Waals surface area contributed by atoms with Gasteiger partial charge in [-0.15, -0.1) is 0 Å². The highest BCUT2D eigenvalue weighted by atomic mass is 32.1. The predicted molar refractivity (Wildman–Crippen MR) is 85.5 cm³/mol. The Morgan fingerprint density at radius 2 is 1.81 bits per heavy atom. The number of nitrogens with one attached hydrogen (secondary N) is 1. The number of fused-ring (bicyclic) bond motifs is 1. The molecule has 1 heterocycles. The minimum Gasteiger partial charge on any atom is -0.454 e. The number of hydrazone groups is 1. The zero-order valence-corrected chi connectivity index (χ0v) is 11.9. The van der Waals surface area contributed by atoms with Crippen molar-refractivity contribution in [1.82, 2.24) is 5.43 Å². The highest BCUT2D eigenvalue weighted by molar-refractivity contribution is 7.80. The van der Waals surface area contributed by atoms with Gasteiger partial charge in [-0.05, 0) is 41.0 Å². The summed E-state index contributed by atoms with van der Waals surface area (Å²) in [6.45, 7) is 0.282. The number of hydrogen-bond donors (Lipinski definition) is 2. The Labute approximate surface area is 127 Å². The summed E-state index contributed by atoms with van der Waals surface area (Å²) in [7, 11) is 0. The van der Waals surface area contributed by atoms with Gasteiger partial charge >= 0.3 is 0 Å². The van der Waals surface area contributed by atoms with E-state index in [0.717, 1.165) is 28.2 Å². The molecule has 3 N–H and O–H groups in total. The van der Waals surface area contributed by atoms with Gasteiger partial charge in [0, 0.05) is 0 Å². The van der Waals surface area contributed by atoms with Crippen LogP contribution in [0.25, 0.3) is 11.1 Å². The van der Waals surface area contributed by atoms with E-state index in [9.17, 15) is 0 Å². The van der Waals surface area contributed by atoms with Crippen molar-refractivity contribution in [2.45, 2.75) is 0 Å². The van der Waals surface area contributed by atoms with Crippen molar-refractivity contribution in [3.05, 3.63) is 48.0 Å². The maximum Gasteiger partial charge on any atom is 0.231 e. The molecule has 21 heavy (non-hydrogen) atoms. The Morgan fingerprint density at radius 1 is 1.10 bits per heavy atom. The van der Waals surface area contributed by atoms with Gasteiger partial charge in [-0.3, -0.25) is 5.43 Å². The number of rotatable bonds is 3. The highest BCUT2D eigenvalue weighted by Gasteiger charge is 2.13. The molecule has 0 atom stereocenters. The van der Waals surface area contributed by atoms with E-state index in [2.05, 4.69) is 22.7 Å². The zero-order chi connectivity index (χ0) is 14.7. The van der Waals surface area contributed by atoms with Crippen LogP contribution in [0.15, 0.2) is 47.6 Å². The van der Waals surface area contributed by atoms with Crippen LogP contribution in [-0.4, -0.2) is 18.1 Å². The van der Waals surface area contributed by atoms with E-state index >= 15 is 0 Å². The second-order valence-corrected chi connectivity index (χ2v) is 4.86. The van der Waals surface area contributed by atoms with Crippen molar-refractivity contribution >= 4 is 23.5 Å². The molecule has 0 aliphatic carbocycles. The normalized spacial score (nSPS) is 12.6. The number of ether oxygens (including phenoxy) is 2. The summed E-state index contributed by atoms with van der Waals surface area (Å²) >= 11 is 4.67. The van der Waals surface area contributed by atoms with E-state index in [4.69, 9.17) is 15.2 Å². The van der Waals surface area contributed by atoms with Gasteiger partial charge in [-0.1, -0.05) is 30.3 Å².